The van der Waals surface area contributed by atoms with Crippen molar-refractivity contribution in [3.05, 3.63) is 69.5 Å². The van der Waals surface area contributed by atoms with E-state index in [2.05, 4.69) is 31.2 Å². The van der Waals surface area contributed by atoms with Crippen molar-refractivity contribution in [2.75, 3.05) is 11.5 Å². The molecule has 2 aliphatic rings. The summed E-state index contributed by atoms with van der Waals surface area (Å²) in [6.45, 7) is 2.15. The Labute approximate surface area is 157 Å². The van der Waals surface area contributed by atoms with Gasteiger partial charge < -0.3 is 5.73 Å². The van der Waals surface area contributed by atoms with Crippen LogP contribution >= 0.6 is 11.8 Å². The Morgan fingerprint density at radius 2 is 1.88 bits per heavy atom. The molecule has 132 valence electrons. The van der Waals surface area contributed by atoms with Crippen LogP contribution in [0.4, 0.5) is 5.69 Å². The van der Waals surface area contributed by atoms with Gasteiger partial charge in [0.25, 0.3) is 5.56 Å². The fourth-order valence-electron chi connectivity index (χ4n) is 4.20. The van der Waals surface area contributed by atoms with E-state index in [4.69, 9.17) is 5.73 Å². The monoisotopic (exact) mass is 362 g/mol. The zero-order valence-corrected chi connectivity index (χ0v) is 15.7. The molecule has 0 amide bonds. The van der Waals surface area contributed by atoms with E-state index < -0.39 is 0 Å². The summed E-state index contributed by atoms with van der Waals surface area (Å²) in [5.74, 6) is 1.63. The van der Waals surface area contributed by atoms with Gasteiger partial charge in [0, 0.05) is 28.9 Å². The van der Waals surface area contributed by atoms with Crippen molar-refractivity contribution < 1.29 is 0 Å². The second-order valence-electron chi connectivity index (χ2n) is 7.57. The maximum absolute atomic E-state index is 12.8. The van der Waals surface area contributed by atoms with Gasteiger partial charge >= 0.3 is 0 Å². The summed E-state index contributed by atoms with van der Waals surface area (Å²) in [5.41, 5.74) is 11.0. The van der Waals surface area contributed by atoms with Gasteiger partial charge in [-0.05, 0) is 60.2 Å². The van der Waals surface area contributed by atoms with Gasteiger partial charge in [-0.1, -0.05) is 30.3 Å². The second kappa shape index (κ2) is 5.92. The zero-order chi connectivity index (χ0) is 17.8. The summed E-state index contributed by atoms with van der Waals surface area (Å²) in [7, 11) is 0. The van der Waals surface area contributed by atoms with Crippen LogP contribution in [0.3, 0.4) is 0 Å². The molecule has 1 fully saturated rings. The lowest BCUT2D eigenvalue weighted by Crippen LogP contribution is -2.23. The summed E-state index contributed by atoms with van der Waals surface area (Å²) in [4.78, 5) is 12.8. The lowest BCUT2D eigenvalue weighted by atomic mass is 9.94. The van der Waals surface area contributed by atoms with Crippen LogP contribution in [0.1, 0.15) is 48.4 Å². The number of nitrogens with two attached hydrogens (primary N) is 1. The number of hydrogen-bond donors (Lipinski definition) is 1. The summed E-state index contributed by atoms with van der Waals surface area (Å²) in [6.07, 6.45) is 3.29. The van der Waals surface area contributed by atoms with Crippen molar-refractivity contribution in [1.29, 1.82) is 0 Å². The highest BCUT2D eigenvalue weighted by Gasteiger charge is 2.34. The normalized spacial score (nSPS) is 19.0. The molecular weight excluding hydrogens is 340 g/mol. The van der Waals surface area contributed by atoms with Crippen LogP contribution in [0, 0.1) is 0 Å². The summed E-state index contributed by atoms with van der Waals surface area (Å²) >= 11 is 1.86. The maximum Gasteiger partial charge on any atom is 0.251 e. The number of anilines is 1. The van der Waals surface area contributed by atoms with E-state index in [-0.39, 0.29) is 5.56 Å². The van der Waals surface area contributed by atoms with E-state index >= 15 is 0 Å². The van der Waals surface area contributed by atoms with E-state index in [0.29, 0.717) is 12.0 Å². The predicted molar refractivity (Wildman–Crippen MR) is 109 cm³/mol. The molecule has 0 saturated heterocycles. The molecule has 0 radical (unpaired) electrons. The SMILES string of the molecule is CC1CSc2c(C3CC3)c(Cc3ccc(N)c4ccccc34)cc(=O)n21. The number of pyridine rings is 1. The number of nitrogens with zero attached hydrogens (tertiary/aromatic N) is 1. The molecule has 1 aromatic heterocycles. The summed E-state index contributed by atoms with van der Waals surface area (Å²) < 4.78 is 2.02. The minimum absolute atomic E-state index is 0.150. The predicted octanol–water partition coefficient (Wildman–Crippen LogP) is 4.72. The van der Waals surface area contributed by atoms with Crippen LogP contribution in [-0.4, -0.2) is 10.3 Å². The van der Waals surface area contributed by atoms with Crippen LogP contribution in [0.2, 0.25) is 0 Å². The molecule has 1 aliphatic heterocycles. The highest BCUT2D eigenvalue weighted by Crippen LogP contribution is 2.48. The van der Waals surface area contributed by atoms with Gasteiger partial charge in [0.1, 0.15) is 0 Å². The molecule has 5 rings (SSSR count). The Kier molecular flexibility index (Phi) is 3.64. The number of hydrogen-bond acceptors (Lipinski definition) is 3. The van der Waals surface area contributed by atoms with E-state index in [1.165, 1.54) is 39.9 Å². The molecule has 0 bridgehead atoms. The van der Waals surface area contributed by atoms with Crippen molar-refractivity contribution in [3.8, 4) is 0 Å². The third-order valence-corrected chi connectivity index (χ3v) is 6.99. The Morgan fingerprint density at radius 1 is 1.12 bits per heavy atom. The van der Waals surface area contributed by atoms with Crippen molar-refractivity contribution in [1.82, 2.24) is 4.57 Å². The number of fused-ring (bicyclic) bond motifs is 2. The lowest BCUT2D eigenvalue weighted by molar-refractivity contribution is 0.554. The average Bonchev–Trinajstić information content (AvgIpc) is 3.40. The first-order valence-corrected chi connectivity index (χ1v) is 10.3. The van der Waals surface area contributed by atoms with Gasteiger partial charge in [-0.15, -0.1) is 11.8 Å². The first kappa shape index (κ1) is 16.0. The third kappa shape index (κ3) is 2.47. The molecule has 0 spiro atoms. The molecule has 2 aromatic carbocycles. The van der Waals surface area contributed by atoms with Crippen LogP contribution in [-0.2, 0) is 6.42 Å². The van der Waals surface area contributed by atoms with E-state index in [9.17, 15) is 4.79 Å². The third-order valence-electron chi connectivity index (χ3n) is 5.65. The number of rotatable bonds is 3. The van der Waals surface area contributed by atoms with Gasteiger partial charge in [0.05, 0.1) is 5.03 Å². The molecule has 4 heteroatoms. The second-order valence-corrected chi connectivity index (χ2v) is 8.58. The van der Waals surface area contributed by atoms with Crippen molar-refractivity contribution >= 4 is 28.2 Å². The van der Waals surface area contributed by atoms with Crippen molar-refractivity contribution in [2.24, 2.45) is 0 Å². The fourth-order valence-corrected chi connectivity index (χ4v) is 5.61. The molecule has 2 N–H and O–H groups in total. The standard InChI is InChI=1S/C22H22N2OS/c1-13-12-26-22-21(14-6-7-14)16(11-20(25)24(13)22)10-15-8-9-19(23)18-5-3-2-4-17(15)18/h2-5,8-9,11,13-14H,6-7,10,12,23H2,1H3. The highest BCUT2D eigenvalue weighted by atomic mass is 32.2. The number of aromatic nitrogens is 1. The topological polar surface area (TPSA) is 48.0 Å². The molecule has 3 nitrogen and oxygen atoms in total. The quantitative estimate of drug-likeness (QED) is 0.686. The highest BCUT2D eigenvalue weighted by molar-refractivity contribution is 7.99. The largest absolute Gasteiger partial charge is 0.398 e. The Bertz CT molecular complexity index is 1080. The number of nitrogen functional groups attached to an aromatic ring is 1. The zero-order valence-electron chi connectivity index (χ0n) is 14.9. The minimum Gasteiger partial charge on any atom is -0.398 e. The van der Waals surface area contributed by atoms with Gasteiger partial charge in [-0.2, -0.15) is 0 Å². The van der Waals surface area contributed by atoms with E-state index in [0.717, 1.165) is 23.2 Å². The molecule has 1 saturated carbocycles. The average molecular weight is 362 g/mol. The molecule has 1 unspecified atom stereocenters. The maximum atomic E-state index is 12.8. The molecule has 3 aromatic rings. The van der Waals surface area contributed by atoms with Crippen LogP contribution < -0.4 is 11.3 Å². The Hall–Kier alpha value is -2.20. The Balaban J connectivity index is 1.68. The Morgan fingerprint density at radius 3 is 2.65 bits per heavy atom. The molecule has 2 heterocycles. The van der Waals surface area contributed by atoms with E-state index in [1.54, 1.807) is 0 Å². The van der Waals surface area contributed by atoms with Crippen molar-refractivity contribution in [3.63, 3.8) is 0 Å². The van der Waals surface area contributed by atoms with E-state index in [1.807, 2.05) is 34.5 Å². The lowest BCUT2D eigenvalue weighted by Gasteiger charge is -2.17. The fraction of sp³-hybridized carbons (Fsp3) is 0.318. The van der Waals surface area contributed by atoms with Gasteiger partial charge in [-0.25, -0.2) is 0 Å². The molecule has 1 aliphatic carbocycles. The number of thioether (sulfide) groups is 1. The summed E-state index contributed by atoms with van der Waals surface area (Å²) in [5, 5.41) is 3.51. The molecule has 26 heavy (non-hydrogen) atoms. The molecule has 1 atom stereocenters. The first-order valence-electron chi connectivity index (χ1n) is 9.30. The van der Waals surface area contributed by atoms with Crippen LogP contribution in [0.15, 0.2) is 52.3 Å². The first-order chi connectivity index (χ1) is 12.6. The van der Waals surface area contributed by atoms with Crippen molar-refractivity contribution in [2.45, 2.75) is 43.2 Å². The minimum atomic E-state index is 0.150. The van der Waals surface area contributed by atoms with Gasteiger partial charge in [0.2, 0.25) is 0 Å². The van der Waals surface area contributed by atoms with Crippen LogP contribution in [0.25, 0.3) is 10.8 Å². The summed E-state index contributed by atoms with van der Waals surface area (Å²) in [6, 6.07) is 14.6. The van der Waals surface area contributed by atoms with Gasteiger partial charge in [-0.3, -0.25) is 9.36 Å². The van der Waals surface area contributed by atoms with Gasteiger partial charge in [0.15, 0.2) is 0 Å². The number of benzene rings is 2. The van der Waals surface area contributed by atoms with Crippen LogP contribution in [0.5, 0.6) is 0 Å². The smallest absolute Gasteiger partial charge is 0.251 e. The molecular formula is C22H22N2OS.